The number of aryl methyl sites for hydroxylation is 1. The topological polar surface area (TPSA) is 61.8 Å². The van der Waals surface area contributed by atoms with Gasteiger partial charge < -0.3 is 14.2 Å². The van der Waals surface area contributed by atoms with Crippen LogP contribution in [0.2, 0.25) is 0 Å². The molecular formula is C29H32O5. The van der Waals surface area contributed by atoms with E-state index in [1.165, 1.54) is 11.1 Å². The Hall–Kier alpha value is -3.60. The van der Waals surface area contributed by atoms with Gasteiger partial charge in [-0.1, -0.05) is 63.2 Å². The van der Waals surface area contributed by atoms with Crippen molar-refractivity contribution in [3.05, 3.63) is 95.6 Å². The maximum absolute atomic E-state index is 12.2. The number of esters is 2. The number of carbonyl (C=O) groups excluding carboxylic acids is 2. The van der Waals surface area contributed by atoms with Gasteiger partial charge in [-0.25, -0.2) is 9.59 Å². The molecule has 0 aliphatic heterocycles. The lowest BCUT2D eigenvalue weighted by molar-refractivity contribution is -0.136. The van der Waals surface area contributed by atoms with Crippen molar-refractivity contribution >= 4 is 11.9 Å². The maximum atomic E-state index is 12.2. The molecule has 5 heteroatoms. The largest absolute Gasteiger partial charge is 0.482 e. The minimum atomic E-state index is -0.519. The number of carbonyl (C=O) groups is 2. The highest BCUT2D eigenvalue weighted by molar-refractivity contribution is 5.89. The Kier molecular flexibility index (Phi) is 8.86. The van der Waals surface area contributed by atoms with Crippen molar-refractivity contribution < 1.29 is 23.8 Å². The first-order valence-electron chi connectivity index (χ1n) is 11.6. The zero-order valence-corrected chi connectivity index (χ0v) is 20.1. The predicted molar refractivity (Wildman–Crippen MR) is 132 cm³/mol. The van der Waals surface area contributed by atoms with E-state index in [2.05, 4.69) is 32.9 Å². The second-order valence-corrected chi connectivity index (χ2v) is 8.77. The van der Waals surface area contributed by atoms with Gasteiger partial charge in [0.05, 0.1) is 12.2 Å². The van der Waals surface area contributed by atoms with Crippen molar-refractivity contribution in [2.24, 2.45) is 0 Å². The Morgan fingerprint density at radius 2 is 1.47 bits per heavy atom. The summed E-state index contributed by atoms with van der Waals surface area (Å²) in [5.74, 6) is 0.0328. The molecule has 0 aliphatic carbocycles. The average molecular weight is 461 g/mol. The SMILES string of the molecule is CCC(C)(C)c1ccc(OCC(=O)Oc2ccc(C(=O)OCCCc3ccccc3)cc2)cc1. The molecule has 3 aromatic rings. The zero-order valence-electron chi connectivity index (χ0n) is 20.1. The maximum Gasteiger partial charge on any atom is 0.349 e. The fourth-order valence-electron chi connectivity index (χ4n) is 3.34. The molecule has 178 valence electrons. The van der Waals surface area contributed by atoms with Crippen molar-refractivity contribution in [2.45, 2.75) is 45.4 Å². The van der Waals surface area contributed by atoms with Crippen molar-refractivity contribution in [1.82, 2.24) is 0 Å². The van der Waals surface area contributed by atoms with Gasteiger partial charge in [-0.2, -0.15) is 0 Å². The van der Waals surface area contributed by atoms with Crippen LogP contribution in [0.1, 0.15) is 55.1 Å². The summed E-state index contributed by atoms with van der Waals surface area (Å²) in [4.78, 5) is 24.3. The smallest absolute Gasteiger partial charge is 0.349 e. The van der Waals surface area contributed by atoms with Gasteiger partial charge in [0.25, 0.3) is 0 Å². The molecule has 0 unspecified atom stereocenters. The number of ether oxygens (including phenoxy) is 3. The summed E-state index contributed by atoms with van der Waals surface area (Å²) in [5.41, 5.74) is 2.94. The lowest BCUT2D eigenvalue weighted by Crippen LogP contribution is -2.18. The molecule has 0 N–H and O–H groups in total. The van der Waals surface area contributed by atoms with Crippen LogP contribution in [-0.2, 0) is 21.4 Å². The Bertz CT molecular complexity index is 1050. The van der Waals surface area contributed by atoms with Gasteiger partial charge in [0.2, 0.25) is 0 Å². The molecule has 34 heavy (non-hydrogen) atoms. The van der Waals surface area contributed by atoms with E-state index in [1.807, 2.05) is 42.5 Å². The third kappa shape index (κ3) is 7.48. The molecule has 0 saturated heterocycles. The van der Waals surface area contributed by atoms with Crippen LogP contribution < -0.4 is 9.47 Å². The van der Waals surface area contributed by atoms with Crippen LogP contribution >= 0.6 is 0 Å². The van der Waals surface area contributed by atoms with Gasteiger partial charge >= 0.3 is 11.9 Å². The summed E-state index contributed by atoms with van der Waals surface area (Å²) in [6.45, 7) is 6.68. The Balaban J connectivity index is 1.40. The molecule has 0 atom stereocenters. The standard InChI is InChI=1S/C29H32O5/c1-4-29(2,3)24-14-18-25(19-15-24)33-21-27(30)34-26-16-12-23(13-17-26)28(31)32-20-8-11-22-9-6-5-7-10-22/h5-7,9-10,12-19H,4,8,11,20-21H2,1-3H3. The van der Waals surface area contributed by atoms with Gasteiger partial charge in [-0.3, -0.25) is 0 Å². The van der Waals surface area contributed by atoms with Crippen LogP contribution in [-0.4, -0.2) is 25.2 Å². The fraction of sp³-hybridized carbons (Fsp3) is 0.310. The predicted octanol–water partition coefficient (Wildman–Crippen LogP) is 6.15. The summed E-state index contributed by atoms with van der Waals surface area (Å²) in [7, 11) is 0. The highest BCUT2D eigenvalue weighted by atomic mass is 16.6. The lowest BCUT2D eigenvalue weighted by Gasteiger charge is -2.23. The molecule has 3 aromatic carbocycles. The number of rotatable bonds is 11. The summed E-state index contributed by atoms with van der Waals surface area (Å²) < 4.78 is 16.2. The van der Waals surface area contributed by atoms with Crippen LogP contribution in [0.15, 0.2) is 78.9 Å². The minimum Gasteiger partial charge on any atom is -0.482 e. The molecule has 3 rings (SSSR count). The molecule has 0 fully saturated rings. The highest BCUT2D eigenvalue weighted by Gasteiger charge is 2.17. The normalized spacial score (nSPS) is 11.0. The van der Waals surface area contributed by atoms with E-state index >= 15 is 0 Å². The summed E-state index contributed by atoms with van der Waals surface area (Å²) in [5, 5.41) is 0. The van der Waals surface area contributed by atoms with Gasteiger partial charge in [-0.05, 0) is 72.2 Å². The van der Waals surface area contributed by atoms with Crippen LogP contribution in [0, 0.1) is 0 Å². The van der Waals surface area contributed by atoms with Gasteiger partial charge in [-0.15, -0.1) is 0 Å². The molecule has 0 aliphatic rings. The number of benzene rings is 3. The fourth-order valence-corrected chi connectivity index (χ4v) is 3.34. The van der Waals surface area contributed by atoms with Gasteiger partial charge in [0.1, 0.15) is 11.5 Å². The van der Waals surface area contributed by atoms with E-state index in [0.717, 1.165) is 19.3 Å². The van der Waals surface area contributed by atoms with Crippen molar-refractivity contribution in [2.75, 3.05) is 13.2 Å². The van der Waals surface area contributed by atoms with Gasteiger partial charge in [0, 0.05) is 0 Å². The summed E-state index contributed by atoms with van der Waals surface area (Å²) in [6, 6.07) is 24.1. The second-order valence-electron chi connectivity index (χ2n) is 8.77. The molecule has 0 radical (unpaired) electrons. The van der Waals surface area contributed by atoms with Crippen molar-refractivity contribution in [1.29, 1.82) is 0 Å². The Morgan fingerprint density at radius 3 is 2.12 bits per heavy atom. The van der Waals surface area contributed by atoms with Gasteiger partial charge in [0.15, 0.2) is 6.61 Å². The van der Waals surface area contributed by atoms with Crippen LogP contribution in [0.3, 0.4) is 0 Å². The summed E-state index contributed by atoms with van der Waals surface area (Å²) >= 11 is 0. The first-order valence-corrected chi connectivity index (χ1v) is 11.6. The highest BCUT2D eigenvalue weighted by Crippen LogP contribution is 2.28. The van der Waals surface area contributed by atoms with E-state index in [1.54, 1.807) is 24.3 Å². The Labute approximate surface area is 201 Å². The number of hydrogen-bond acceptors (Lipinski definition) is 5. The Morgan fingerprint density at radius 1 is 0.824 bits per heavy atom. The van der Waals surface area contributed by atoms with E-state index in [4.69, 9.17) is 14.2 Å². The first kappa shape index (κ1) is 25.0. The first-order chi connectivity index (χ1) is 16.4. The van der Waals surface area contributed by atoms with E-state index < -0.39 is 11.9 Å². The molecular weight excluding hydrogens is 428 g/mol. The van der Waals surface area contributed by atoms with E-state index in [-0.39, 0.29) is 12.0 Å². The van der Waals surface area contributed by atoms with Crippen LogP contribution in [0.5, 0.6) is 11.5 Å². The molecule has 0 heterocycles. The van der Waals surface area contributed by atoms with Crippen molar-refractivity contribution in [3.63, 3.8) is 0 Å². The van der Waals surface area contributed by atoms with E-state index in [0.29, 0.717) is 23.7 Å². The van der Waals surface area contributed by atoms with Crippen LogP contribution in [0.4, 0.5) is 0 Å². The second kappa shape index (κ2) is 12.0. The van der Waals surface area contributed by atoms with Crippen LogP contribution in [0.25, 0.3) is 0 Å². The summed E-state index contributed by atoms with van der Waals surface area (Å²) in [6.07, 6.45) is 2.64. The molecule has 0 amide bonds. The number of hydrogen-bond donors (Lipinski definition) is 0. The average Bonchev–Trinajstić information content (AvgIpc) is 2.86. The molecule has 5 nitrogen and oxygen atoms in total. The minimum absolute atomic E-state index is 0.0954. The zero-order chi connectivity index (χ0) is 24.4. The molecule has 0 spiro atoms. The lowest BCUT2D eigenvalue weighted by atomic mass is 9.82. The third-order valence-corrected chi connectivity index (χ3v) is 5.88. The molecule has 0 bridgehead atoms. The third-order valence-electron chi connectivity index (χ3n) is 5.88. The van der Waals surface area contributed by atoms with E-state index in [9.17, 15) is 9.59 Å². The monoisotopic (exact) mass is 460 g/mol. The van der Waals surface area contributed by atoms with Crippen molar-refractivity contribution in [3.8, 4) is 11.5 Å². The molecule has 0 aromatic heterocycles. The quantitative estimate of drug-likeness (QED) is 0.195. The molecule has 0 saturated carbocycles.